The highest BCUT2D eigenvalue weighted by Gasteiger charge is 2.67. The van der Waals surface area contributed by atoms with Gasteiger partial charge >= 0.3 is 0 Å². The molecule has 2 rings (SSSR count). The summed E-state index contributed by atoms with van der Waals surface area (Å²) in [5, 5.41) is 3.58. The van der Waals surface area contributed by atoms with Crippen LogP contribution in [-0.2, 0) is 0 Å². The van der Waals surface area contributed by atoms with E-state index in [0.29, 0.717) is 16.9 Å². The molecule has 0 bridgehead atoms. The molecule has 1 atom stereocenters. The Morgan fingerprint density at radius 1 is 1.18 bits per heavy atom. The van der Waals surface area contributed by atoms with E-state index in [2.05, 4.69) is 51.8 Å². The summed E-state index contributed by atoms with van der Waals surface area (Å²) in [4.78, 5) is 2.74. The van der Waals surface area contributed by atoms with E-state index < -0.39 is 0 Å². The van der Waals surface area contributed by atoms with Crippen LogP contribution in [0, 0.1) is 16.7 Å². The Bertz CT molecular complexity index is 267. The van der Waals surface area contributed by atoms with Crippen LogP contribution in [0.3, 0.4) is 0 Å². The van der Waals surface area contributed by atoms with Gasteiger partial charge in [0.25, 0.3) is 0 Å². The molecule has 2 aliphatic rings. The van der Waals surface area contributed by atoms with Crippen molar-refractivity contribution >= 4 is 0 Å². The van der Waals surface area contributed by atoms with E-state index >= 15 is 0 Å². The first-order valence-electron chi connectivity index (χ1n) is 7.24. The molecule has 2 nitrogen and oxygen atoms in total. The average molecular weight is 238 g/mol. The van der Waals surface area contributed by atoms with Crippen LogP contribution < -0.4 is 5.32 Å². The highest BCUT2D eigenvalue weighted by atomic mass is 15.2. The maximum atomic E-state index is 3.58. The predicted octanol–water partition coefficient (Wildman–Crippen LogP) is 2.74. The molecule has 0 radical (unpaired) electrons. The summed E-state index contributed by atoms with van der Waals surface area (Å²) in [6, 6.07) is 1.43. The summed E-state index contributed by atoms with van der Waals surface area (Å²) in [5.41, 5.74) is 1.01. The average Bonchev–Trinajstić information content (AvgIpc) is 2.55. The molecular weight excluding hydrogens is 208 g/mol. The number of hydrogen-bond donors (Lipinski definition) is 1. The lowest BCUT2D eigenvalue weighted by Gasteiger charge is -2.19. The number of likely N-dealkylation sites (tertiary alicyclic amines) is 1. The van der Waals surface area contributed by atoms with E-state index in [9.17, 15) is 0 Å². The number of hydrogen-bond acceptors (Lipinski definition) is 2. The highest BCUT2D eigenvalue weighted by molar-refractivity contribution is 5.19. The monoisotopic (exact) mass is 238 g/mol. The van der Waals surface area contributed by atoms with Gasteiger partial charge < -0.3 is 5.32 Å². The first-order chi connectivity index (χ1) is 7.76. The molecular formula is C15H30N2. The molecule has 1 unspecified atom stereocenters. The summed E-state index contributed by atoms with van der Waals surface area (Å²) < 4.78 is 0. The van der Waals surface area contributed by atoms with Crippen molar-refractivity contribution < 1.29 is 0 Å². The quantitative estimate of drug-likeness (QED) is 0.810. The van der Waals surface area contributed by atoms with Crippen LogP contribution in [0.2, 0.25) is 0 Å². The van der Waals surface area contributed by atoms with Crippen molar-refractivity contribution in [2.45, 2.75) is 60.0 Å². The van der Waals surface area contributed by atoms with E-state index in [1.54, 1.807) is 0 Å². The first-order valence-corrected chi connectivity index (χ1v) is 7.24. The molecule has 0 amide bonds. The van der Waals surface area contributed by atoms with Gasteiger partial charge in [0.15, 0.2) is 0 Å². The van der Waals surface area contributed by atoms with Gasteiger partial charge in [0.1, 0.15) is 0 Å². The second-order valence-electron chi connectivity index (χ2n) is 7.56. The Hall–Kier alpha value is -0.0800. The second-order valence-corrected chi connectivity index (χ2v) is 7.56. The van der Waals surface area contributed by atoms with E-state index in [0.717, 1.165) is 12.0 Å². The van der Waals surface area contributed by atoms with Crippen molar-refractivity contribution in [3.8, 4) is 0 Å². The smallest absolute Gasteiger partial charge is 0.0209 e. The fourth-order valence-corrected chi connectivity index (χ4v) is 3.74. The van der Waals surface area contributed by atoms with Crippen molar-refractivity contribution in [1.82, 2.24) is 10.2 Å². The molecule has 1 heterocycles. The summed E-state index contributed by atoms with van der Waals surface area (Å²) in [7, 11) is 0. The molecule has 1 aliphatic carbocycles. The Morgan fingerprint density at radius 2 is 1.76 bits per heavy atom. The van der Waals surface area contributed by atoms with E-state index in [-0.39, 0.29) is 0 Å². The van der Waals surface area contributed by atoms with Crippen LogP contribution in [0.1, 0.15) is 48.0 Å². The summed E-state index contributed by atoms with van der Waals surface area (Å²) >= 11 is 0. The zero-order chi connectivity index (χ0) is 12.8. The lowest BCUT2D eigenvalue weighted by Crippen LogP contribution is -2.32. The maximum absolute atomic E-state index is 3.58. The molecule has 0 aromatic heterocycles. The molecule has 100 valence electrons. The molecule has 2 heteroatoms. The van der Waals surface area contributed by atoms with Crippen LogP contribution >= 0.6 is 0 Å². The van der Waals surface area contributed by atoms with Crippen LogP contribution in [0.5, 0.6) is 0 Å². The Morgan fingerprint density at radius 3 is 2.24 bits per heavy atom. The van der Waals surface area contributed by atoms with E-state index in [4.69, 9.17) is 0 Å². The standard InChI is InChI=1S/C15H30N2/c1-11(2)16-9-12-7-8-17(10-12)13-14(3,4)15(13,5)6/h11-13,16H,7-10H2,1-6H3. The molecule has 1 saturated heterocycles. The minimum absolute atomic E-state index is 0.507. The summed E-state index contributed by atoms with van der Waals surface area (Å²) in [5.74, 6) is 0.865. The Kier molecular flexibility index (Phi) is 3.33. The van der Waals surface area contributed by atoms with Gasteiger partial charge in [0.05, 0.1) is 0 Å². The molecule has 0 spiro atoms. The largest absolute Gasteiger partial charge is 0.314 e. The SMILES string of the molecule is CC(C)NCC1CCN(C2C(C)(C)C2(C)C)C1. The number of rotatable bonds is 4. The number of nitrogens with zero attached hydrogens (tertiary/aromatic N) is 1. The molecule has 17 heavy (non-hydrogen) atoms. The molecule has 0 aromatic carbocycles. The summed E-state index contributed by atoms with van der Waals surface area (Å²) in [6.07, 6.45) is 1.38. The topological polar surface area (TPSA) is 15.3 Å². The second kappa shape index (κ2) is 4.24. The highest BCUT2D eigenvalue weighted by Crippen LogP contribution is 2.65. The molecule has 1 saturated carbocycles. The minimum atomic E-state index is 0.507. The predicted molar refractivity (Wildman–Crippen MR) is 74.2 cm³/mol. The third kappa shape index (κ3) is 2.26. The van der Waals surface area contributed by atoms with Crippen LogP contribution in [0.15, 0.2) is 0 Å². The van der Waals surface area contributed by atoms with Gasteiger partial charge in [-0.2, -0.15) is 0 Å². The van der Waals surface area contributed by atoms with Gasteiger partial charge in [-0.3, -0.25) is 4.90 Å². The van der Waals surface area contributed by atoms with Crippen molar-refractivity contribution in [1.29, 1.82) is 0 Å². The lowest BCUT2D eigenvalue weighted by molar-refractivity contribution is 0.266. The maximum Gasteiger partial charge on any atom is 0.0209 e. The van der Waals surface area contributed by atoms with Crippen molar-refractivity contribution in [3.63, 3.8) is 0 Å². The van der Waals surface area contributed by atoms with Crippen LogP contribution in [0.25, 0.3) is 0 Å². The van der Waals surface area contributed by atoms with E-state index in [1.807, 2.05) is 0 Å². The third-order valence-electron chi connectivity index (χ3n) is 5.44. The fourth-order valence-electron chi connectivity index (χ4n) is 3.74. The van der Waals surface area contributed by atoms with Gasteiger partial charge in [-0.1, -0.05) is 41.5 Å². The zero-order valence-corrected chi connectivity index (χ0v) is 12.5. The Balaban J connectivity index is 1.83. The first kappa shape index (κ1) is 13.4. The normalized spacial score (nSPS) is 32.3. The molecule has 1 aliphatic heterocycles. The molecule has 2 fully saturated rings. The van der Waals surface area contributed by atoms with Gasteiger partial charge in [0, 0.05) is 18.6 Å². The van der Waals surface area contributed by atoms with Gasteiger partial charge in [-0.25, -0.2) is 0 Å². The zero-order valence-electron chi connectivity index (χ0n) is 12.5. The minimum Gasteiger partial charge on any atom is -0.314 e. The van der Waals surface area contributed by atoms with E-state index in [1.165, 1.54) is 26.1 Å². The van der Waals surface area contributed by atoms with Crippen LogP contribution in [0.4, 0.5) is 0 Å². The fraction of sp³-hybridized carbons (Fsp3) is 1.00. The Labute approximate surface area is 107 Å². The summed E-state index contributed by atoms with van der Waals surface area (Å²) in [6.45, 7) is 18.0. The van der Waals surface area contributed by atoms with Crippen molar-refractivity contribution in [2.24, 2.45) is 16.7 Å². The molecule has 0 aromatic rings. The van der Waals surface area contributed by atoms with Crippen molar-refractivity contribution in [3.05, 3.63) is 0 Å². The molecule has 1 N–H and O–H groups in total. The van der Waals surface area contributed by atoms with Gasteiger partial charge in [-0.05, 0) is 36.3 Å². The van der Waals surface area contributed by atoms with Crippen molar-refractivity contribution in [2.75, 3.05) is 19.6 Å². The van der Waals surface area contributed by atoms with Gasteiger partial charge in [-0.15, -0.1) is 0 Å². The van der Waals surface area contributed by atoms with Gasteiger partial charge in [0.2, 0.25) is 0 Å². The number of nitrogens with one attached hydrogen (secondary N) is 1. The lowest BCUT2D eigenvalue weighted by atomic mass is 10.0. The van der Waals surface area contributed by atoms with Crippen LogP contribution in [-0.4, -0.2) is 36.6 Å². The third-order valence-corrected chi connectivity index (χ3v) is 5.44.